The number of nitro benzene ring substituents is 1. The zero-order valence-corrected chi connectivity index (χ0v) is 22.1. The molecule has 0 aliphatic carbocycles. The molecule has 3 rings (SSSR count). The van der Waals surface area contributed by atoms with E-state index in [2.05, 4.69) is 10.6 Å². The summed E-state index contributed by atoms with van der Waals surface area (Å²) in [6.45, 7) is 5.41. The van der Waals surface area contributed by atoms with Crippen LogP contribution in [0.4, 0.5) is 21.0 Å². The maximum Gasteiger partial charge on any atom is 0.417 e. The molecule has 0 heterocycles. The van der Waals surface area contributed by atoms with E-state index in [9.17, 15) is 24.5 Å². The molecule has 11 heteroatoms. The molecule has 3 aromatic carbocycles. The normalized spacial score (nSPS) is 10.8. The molecular weight excluding hydrogens is 504 g/mol. The molecular formula is C28H30N4O7. The number of nitrogens with zero attached hydrogens (tertiary/aromatic N) is 2. The van der Waals surface area contributed by atoms with Gasteiger partial charge in [0.2, 0.25) is 5.91 Å². The summed E-state index contributed by atoms with van der Waals surface area (Å²) in [5, 5.41) is 15.8. The van der Waals surface area contributed by atoms with Crippen LogP contribution in [0.3, 0.4) is 0 Å². The van der Waals surface area contributed by atoms with Crippen molar-refractivity contribution in [3.05, 3.63) is 88.5 Å². The summed E-state index contributed by atoms with van der Waals surface area (Å²) in [6.07, 6.45) is -1.38. The Morgan fingerprint density at radius 2 is 1.59 bits per heavy atom. The van der Waals surface area contributed by atoms with E-state index in [-0.39, 0.29) is 23.9 Å². The summed E-state index contributed by atoms with van der Waals surface area (Å²) < 4.78 is 10.3. The van der Waals surface area contributed by atoms with Crippen molar-refractivity contribution in [3.8, 4) is 16.9 Å². The summed E-state index contributed by atoms with van der Waals surface area (Å²) >= 11 is 0. The average Bonchev–Trinajstić information content (AvgIpc) is 2.87. The third kappa shape index (κ3) is 9.15. The summed E-state index contributed by atoms with van der Waals surface area (Å²) in [5.74, 6) is -0.0853. The number of benzene rings is 3. The van der Waals surface area contributed by atoms with Gasteiger partial charge in [-0.25, -0.2) is 9.59 Å². The summed E-state index contributed by atoms with van der Waals surface area (Å²) in [5.41, 5.74) is 2.47. The molecule has 0 atom stereocenters. The number of carbonyl (C=O) groups excluding carboxylic acids is 3. The minimum absolute atomic E-state index is 0.101. The monoisotopic (exact) mass is 534 g/mol. The number of hydrogen-bond donors (Lipinski definition) is 2. The van der Waals surface area contributed by atoms with Gasteiger partial charge in [-0.2, -0.15) is 0 Å². The van der Waals surface area contributed by atoms with Crippen LogP contribution in [0.5, 0.6) is 5.75 Å². The number of alkyl carbamates (subject to hydrolysis) is 1. The van der Waals surface area contributed by atoms with Gasteiger partial charge in [0.25, 0.3) is 5.69 Å². The van der Waals surface area contributed by atoms with Crippen LogP contribution < -0.4 is 15.4 Å². The number of amides is 3. The first-order valence-electron chi connectivity index (χ1n) is 12.0. The minimum Gasteiger partial charge on any atom is -0.444 e. The van der Waals surface area contributed by atoms with Gasteiger partial charge >= 0.3 is 12.2 Å². The fraction of sp³-hybridized carbons (Fsp3) is 0.250. The molecule has 0 saturated heterocycles. The zero-order chi connectivity index (χ0) is 28.6. The number of likely N-dealkylation sites (N-methyl/N-ethyl adjacent to an activating group) is 1. The van der Waals surface area contributed by atoms with E-state index in [1.807, 2.05) is 36.4 Å². The van der Waals surface area contributed by atoms with Crippen molar-refractivity contribution in [2.75, 3.05) is 18.9 Å². The van der Waals surface area contributed by atoms with Crippen LogP contribution >= 0.6 is 0 Å². The van der Waals surface area contributed by atoms with Gasteiger partial charge in [0.1, 0.15) is 17.9 Å². The molecule has 3 amide bonds. The Bertz CT molecular complexity index is 1330. The molecule has 0 fully saturated rings. The van der Waals surface area contributed by atoms with Crippen LogP contribution in [0.15, 0.2) is 72.8 Å². The molecule has 11 nitrogen and oxygen atoms in total. The largest absolute Gasteiger partial charge is 0.444 e. The standard InChI is InChI=1S/C28H30N4O7/c1-28(2,3)39-26(34)29-17-25(33)31(4)18-19-6-5-7-21(16-19)20-8-10-22(11-9-20)30-27(35)38-24-14-12-23(13-15-24)32(36)37/h5-16H,17-18H2,1-4H3,(H,29,34)(H,30,35). The number of ether oxygens (including phenoxy) is 2. The quantitative estimate of drug-likeness (QED) is 0.293. The van der Waals surface area contributed by atoms with E-state index in [1.165, 1.54) is 29.2 Å². The summed E-state index contributed by atoms with van der Waals surface area (Å²) in [6, 6.07) is 20.0. The second-order valence-electron chi connectivity index (χ2n) is 9.65. The average molecular weight is 535 g/mol. The lowest BCUT2D eigenvalue weighted by atomic mass is 10.0. The summed E-state index contributed by atoms with van der Waals surface area (Å²) in [4.78, 5) is 48.1. The fourth-order valence-electron chi connectivity index (χ4n) is 3.44. The molecule has 0 unspecified atom stereocenters. The van der Waals surface area contributed by atoms with Gasteiger partial charge < -0.3 is 19.7 Å². The number of anilines is 1. The first kappa shape index (κ1) is 28.6. The maximum atomic E-state index is 12.4. The highest BCUT2D eigenvalue weighted by Crippen LogP contribution is 2.24. The molecule has 0 saturated carbocycles. The van der Waals surface area contributed by atoms with Crippen LogP contribution in [0.2, 0.25) is 0 Å². The second kappa shape index (κ2) is 12.5. The predicted octanol–water partition coefficient (Wildman–Crippen LogP) is 5.36. The number of nitrogens with one attached hydrogen (secondary N) is 2. The highest BCUT2D eigenvalue weighted by Gasteiger charge is 2.18. The van der Waals surface area contributed by atoms with Crippen molar-refractivity contribution < 1.29 is 28.8 Å². The van der Waals surface area contributed by atoms with E-state index in [4.69, 9.17) is 9.47 Å². The number of non-ortho nitro benzene ring substituents is 1. The summed E-state index contributed by atoms with van der Waals surface area (Å²) in [7, 11) is 1.65. The Morgan fingerprint density at radius 1 is 0.923 bits per heavy atom. The Hall–Kier alpha value is -4.93. The third-order valence-corrected chi connectivity index (χ3v) is 5.28. The molecule has 204 valence electrons. The third-order valence-electron chi connectivity index (χ3n) is 5.28. The Labute approximate surface area is 225 Å². The lowest BCUT2D eigenvalue weighted by Crippen LogP contribution is -2.40. The van der Waals surface area contributed by atoms with Crippen molar-refractivity contribution in [1.29, 1.82) is 0 Å². The lowest BCUT2D eigenvalue weighted by molar-refractivity contribution is -0.384. The van der Waals surface area contributed by atoms with Gasteiger partial charge in [0, 0.05) is 31.4 Å². The molecule has 0 bridgehead atoms. The molecule has 0 radical (unpaired) electrons. The SMILES string of the molecule is CN(Cc1cccc(-c2ccc(NC(=O)Oc3ccc([N+](=O)[O-])cc3)cc2)c1)C(=O)CNC(=O)OC(C)(C)C. The molecule has 0 spiro atoms. The van der Waals surface area contributed by atoms with Gasteiger partial charge in [-0.1, -0.05) is 30.3 Å². The first-order valence-corrected chi connectivity index (χ1v) is 12.0. The highest BCUT2D eigenvalue weighted by atomic mass is 16.6. The number of hydrogen-bond acceptors (Lipinski definition) is 7. The van der Waals surface area contributed by atoms with Crippen LogP contribution in [0.1, 0.15) is 26.3 Å². The predicted molar refractivity (Wildman–Crippen MR) is 145 cm³/mol. The second-order valence-corrected chi connectivity index (χ2v) is 9.65. The van der Waals surface area contributed by atoms with E-state index >= 15 is 0 Å². The van der Waals surface area contributed by atoms with Gasteiger partial charge in [-0.05, 0) is 67.8 Å². The molecule has 3 aromatic rings. The zero-order valence-electron chi connectivity index (χ0n) is 22.1. The minimum atomic E-state index is -0.729. The molecule has 39 heavy (non-hydrogen) atoms. The van der Waals surface area contributed by atoms with Gasteiger partial charge in [-0.15, -0.1) is 0 Å². The first-order chi connectivity index (χ1) is 18.4. The van der Waals surface area contributed by atoms with Crippen LogP contribution in [0.25, 0.3) is 11.1 Å². The molecule has 0 aromatic heterocycles. The fourth-order valence-corrected chi connectivity index (χ4v) is 3.44. The lowest BCUT2D eigenvalue weighted by Gasteiger charge is -2.21. The van der Waals surface area contributed by atoms with Crippen molar-refractivity contribution in [2.24, 2.45) is 0 Å². The van der Waals surface area contributed by atoms with E-state index in [0.717, 1.165) is 16.7 Å². The van der Waals surface area contributed by atoms with E-state index in [1.54, 1.807) is 40.0 Å². The van der Waals surface area contributed by atoms with Crippen LogP contribution in [0, 0.1) is 10.1 Å². The number of rotatable bonds is 8. The van der Waals surface area contributed by atoms with Gasteiger partial charge in [-0.3, -0.25) is 20.2 Å². The smallest absolute Gasteiger partial charge is 0.417 e. The molecule has 0 aliphatic rings. The van der Waals surface area contributed by atoms with E-state index in [0.29, 0.717) is 12.2 Å². The van der Waals surface area contributed by atoms with E-state index < -0.39 is 22.7 Å². The van der Waals surface area contributed by atoms with Crippen molar-refractivity contribution >= 4 is 29.5 Å². The topological polar surface area (TPSA) is 140 Å². The molecule has 0 aliphatic heterocycles. The number of nitro groups is 1. The Balaban J connectivity index is 1.54. The highest BCUT2D eigenvalue weighted by molar-refractivity contribution is 5.87. The van der Waals surface area contributed by atoms with Gasteiger partial charge in [0.05, 0.1) is 4.92 Å². The van der Waals surface area contributed by atoms with Crippen molar-refractivity contribution in [3.63, 3.8) is 0 Å². The van der Waals surface area contributed by atoms with Crippen molar-refractivity contribution in [2.45, 2.75) is 32.9 Å². The Morgan fingerprint density at radius 3 is 2.21 bits per heavy atom. The van der Waals surface area contributed by atoms with Crippen molar-refractivity contribution in [1.82, 2.24) is 10.2 Å². The van der Waals surface area contributed by atoms with Gasteiger partial charge in [0.15, 0.2) is 0 Å². The molecule has 2 N–H and O–H groups in total. The number of carbonyl (C=O) groups is 3. The van der Waals surface area contributed by atoms with Crippen LogP contribution in [-0.4, -0.2) is 47.1 Å². The maximum absolute atomic E-state index is 12.4. The van der Waals surface area contributed by atoms with Crippen LogP contribution in [-0.2, 0) is 16.1 Å². The Kier molecular flexibility index (Phi) is 9.21.